The number of allylic oxidation sites excluding steroid dienone is 2. The maximum absolute atomic E-state index is 12.4. The van der Waals surface area contributed by atoms with Gasteiger partial charge in [0.1, 0.15) is 0 Å². The molecule has 0 aliphatic heterocycles. The van der Waals surface area contributed by atoms with Crippen molar-refractivity contribution in [2.75, 3.05) is 0 Å². The Bertz CT molecular complexity index is 661. The molecule has 0 aliphatic rings. The van der Waals surface area contributed by atoms with Crippen molar-refractivity contribution in [3.63, 3.8) is 0 Å². The summed E-state index contributed by atoms with van der Waals surface area (Å²) in [6.45, 7) is 9.81. The highest BCUT2D eigenvalue weighted by molar-refractivity contribution is 4.84. The lowest BCUT2D eigenvalue weighted by Crippen LogP contribution is -2.54. The zero-order valence-electron chi connectivity index (χ0n) is 14.7. The fourth-order valence-corrected chi connectivity index (χ4v) is 2.67. The second-order valence-electron chi connectivity index (χ2n) is 5.92. The molecule has 0 unspecified atom stereocenters. The predicted octanol–water partition coefficient (Wildman–Crippen LogP) is 2.29. The molecule has 0 spiro atoms. The van der Waals surface area contributed by atoms with E-state index in [0.29, 0.717) is 6.54 Å². The first-order chi connectivity index (χ1) is 11.6. The van der Waals surface area contributed by atoms with E-state index in [4.69, 9.17) is 0 Å². The average molecular weight is 335 g/mol. The molecular weight excluding hydrogens is 306 g/mol. The van der Waals surface area contributed by atoms with Crippen molar-refractivity contribution in [2.24, 2.45) is 0 Å². The van der Waals surface area contributed by atoms with Crippen LogP contribution in [0.5, 0.6) is 0 Å². The summed E-state index contributed by atoms with van der Waals surface area (Å²) in [5.74, 6) is 0. The molecule has 0 N–H and O–H groups in total. The van der Waals surface area contributed by atoms with Crippen molar-refractivity contribution in [3.05, 3.63) is 56.8 Å². The molecule has 0 aromatic carbocycles. The van der Waals surface area contributed by atoms with E-state index >= 15 is 0 Å². The van der Waals surface area contributed by atoms with Crippen molar-refractivity contribution < 1.29 is 0 Å². The highest BCUT2D eigenvalue weighted by Gasteiger charge is 2.13. The molecule has 0 fully saturated rings. The second-order valence-corrected chi connectivity index (χ2v) is 5.92. The van der Waals surface area contributed by atoms with Crippen molar-refractivity contribution >= 4 is 0 Å². The van der Waals surface area contributed by atoms with Crippen LogP contribution in [0.4, 0.5) is 0 Å². The fourth-order valence-electron chi connectivity index (χ4n) is 2.67. The van der Waals surface area contributed by atoms with Crippen LogP contribution >= 0.6 is 0 Å². The van der Waals surface area contributed by atoms with Gasteiger partial charge in [0.2, 0.25) is 0 Å². The maximum atomic E-state index is 12.4. The predicted molar refractivity (Wildman–Crippen MR) is 97.6 cm³/mol. The third kappa shape index (κ3) is 5.22. The van der Waals surface area contributed by atoms with Crippen molar-refractivity contribution in [1.29, 1.82) is 0 Å². The summed E-state index contributed by atoms with van der Waals surface area (Å²) in [6, 6.07) is 0. The van der Waals surface area contributed by atoms with E-state index in [1.54, 1.807) is 0 Å². The summed E-state index contributed by atoms with van der Waals surface area (Å²) < 4.78 is 3.23. The summed E-state index contributed by atoms with van der Waals surface area (Å²) in [7, 11) is 0. The first-order valence-electron chi connectivity index (χ1n) is 8.74. The van der Waals surface area contributed by atoms with E-state index in [1.807, 2.05) is 0 Å². The Hall–Kier alpha value is -2.11. The highest BCUT2D eigenvalue weighted by atomic mass is 16.2. The molecule has 1 aromatic rings. The van der Waals surface area contributed by atoms with Gasteiger partial charge in [-0.15, -0.1) is 13.2 Å². The molecule has 6 heteroatoms. The molecule has 0 radical (unpaired) electrons. The minimum Gasteiger partial charge on any atom is -0.247 e. The summed E-state index contributed by atoms with van der Waals surface area (Å²) in [5, 5.41) is 0. The molecule has 134 valence electrons. The topological polar surface area (TPSA) is 66.0 Å². The SMILES string of the molecule is C=CCn1c(=O)n(CC=C)c(=O)n(CCCCCCCCC)c1=O. The molecule has 0 saturated carbocycles. The Morgan fingerprint density at radius 1 is 0.708 bits per heavy atom. The molecule has 0 bridgehead atoms. The van der Waals surface area contributed by atoms with Gasteiger partial charge < -0.3 is 0 Å². The van der Waals surface area contributed by atoms with Crippen LogP contribution in [0.2, 0.25) is 0 Å². The largest absolute Gasteiger partial charge is 0.336 e. The van der Waals surface area contributed by atoms with Gasteiger partial charge in [-0.25, -0.2) is 28.1 Å². The van der Waals surface area contributed by atoms with Crippen molar-refractivity contribution in [1.82, 2.24) is 13.7 Å². The minimum absolute atomic E-state index is 0.0894. The van der Waals surface area contributed by atoms with Crippen LogP contribution in [0.1, 0.15) is 51.9 Å². The monoisotopic (exact) mass is 335 g/mol. The van der Waals surface area contributed by atoms with Crippen LogP contribution in [0.25, 0.3) is 0 Å². The van der Waals surface area contributed by atoms with E-state index < -0.39 is 17.1 Å². The number of unbranched alkanes of at least 4 members (excludes halogenated alkanes) is 6. The molecule has 0 atom stereocenters. The van der Waals surface area contributed by atoms with Gasteiger partial charge in [0, 0.05) is 6.54 Å². The summed E-state index contributed by atoms with van der Waals surface area (Å²) in [5.41, 5.74) is -1.73. The number of aromatic nitrogens is 3. The Kier molecular flexibility index (Phi) is 8.83. The van der Waals surface area contributed by atoms with E-state index in [1.165, 1.54) is 37.8 Å². The first kappa shape index (κ1) is 19.9. The van der Waals surface area contributed by atoms with Gasteiger partial charge in [-0.3, -0.25) is 0 Å². The Morgan fingerprint density at radius 3 is 1.58 bits per heavy atom. The normalized spacial score (nSPS) is 10.7. The standard InChI is InChI=1S/C18H29N3O3/c1-4-7-8-9-10-11-12-15-21-17(23)19(13-5-2)16(22)20(14-6-3)18(21)24/h5-6H,2-4,7-15H2,1H3. The third-order valence-corrected chi connectivity index (χ3v) is 3.99. The highest BCUT2D eigenvalue weighted by Crippen LogP contribution is 2.06. The second kappa shape index (κ2) is 10.6. The lowest BCUT2D eigenvalue weighted by Gasteiger charge is -2.12. The molecular formula is C18H29N3O3. The number of rotatable bonds is 12. The number of hydrogen-bond acceptors (Lipinski definition) is 3. The molecule has 6 nitrogen and oxygen atoms in total. The van der Waals surface area contributed by atoms with Crippen LogP contribution in [-0.2, 0) is 19.6 Å². The van der Waals surface area contributed by atoms with Gasteiger partial charge in [-0.2, -0.15) is 0 Å². The Morgan fingerprint density at radius 2 is 1.12 bits per heavy atom. The molecule has 1 rings (SSSR count). The van der Waals surface area contributed by atoms with Crippen LogP contribution in [0.3, 0.4) is 0 Å². The lowest BCUT2D eigenvalue weighted by molar-refractivity contribution is 0.456. The average Bonchev–Trinajstić information content (AvgIpc) is 2.57. The van der Waals surface area contributed by atoms with Crippen molar-refractivity contribution in [3.8, 4) is 0 Å². The Labute approximate surface area is 142 Å². The van der Waals surface area contributed by atoms with Gasteiger partial charge >= 0.3 is 17.1 Å². The zero-order valence-corrected chi connectivity index (χ0v) is 14.7. The quantitative estimate of drug-likeness (QED) is 0.435. The van der Waals surface area contributed by atoms with E-state index in [-0.39, 0.29) is 13.1 Å². The summed E-state index contributed by atoms with van der Waals surface area (Å²) in [4.78, 5) is 37.0. The maximum Gasteiger partial charge on any atom is 0.336 e. The molecule has 1 heterocycles. The molecule has 1 aromatic heterocycles. The van der Waals surface area contributed by atoms with E-state index in [9.17, 15) is 14.4 Å². The van der Waals surface area contributed by atoms with Gasteiger partial charge in [-0.05, 0) is 6.42 Å². The van der Waals surface area contributed by atoms with Crippen LogP contribution < -0.4 is 17.1 Å². The minimum atomic E-state index is -0.611. The molecule has 24 heavy (non-hydrogen) atoms. The van der Waals surface area contributed by atoms with Crippen molar-refractivity contribution in [2.45, 2.75) is 71.5 Å². The van der Waals surface area contributed by atoms with Gasteiger partial charge in [0.05, 0.1) is 13.1 Å². The van der Waals surface area contributed by atoms with Gasteiger partial charge in [-0.1, -0.05) is 57.6 Å². The van der Waals surface area contributed by atoms with Crippen LogP contribution in [-0.4, -0.2) is 13.7 Å². The summed E-state index contributed by atoms with van der Waals surface area (Å²) >= 11 is 0. The van der Waals surface area contributed by atoms with E-state index in [2.05, 4.69) is 20.1 Å². The Balaban J connectivity index is 2.91. The van der Waals surface area contributed by atoms with Gasteiger partial charge in [0.15, 0.2) is 0 Å². The van der Waals surface area contributed by atoms with Crippen LogP contribution in [0.15, 0.2) is 39.7 Å². The smallest absolute Gasteiger partial charge is 0.247 e. The summed E-state index contributed by atoms with van der Waals surface area (Å²) in [6.07, 6.45) is 10.6. The lowest BCUT2D eigenvalue weighted by atomic mass is 10.1. The molecule has 0 amide bonds. The zero-order chi connectivity index (χ0) is 17.9. The third-order valence-electron chi connectivity index (χ3n) is 3.99. The van der Waals surface area contributed by atoms with E-state index in [0.717, 1.165) is 33.0 Å². The number of hydrogen-bond donors (Lipinski definition) is 0. The molecule has 0 saturated heterocycles. The number of nitrogens with zero attached hydrogens (tertiary/aromatic N) is 3. The van der Waals surface area contributed by atoms with Gasteiger partial charge in [0.25, 0.3) is 0 Å². The van der Waals surface area contributed by atoms with Crippen LogP contribution in [0, 0.1) is 0 Å². The first-order valence-corrected chi connectivity index (χ1v) is 8.74. The fraction of sp³-hybridized carbons (Fsp3) is 0.611. The molecule has 0 aliphatic carbocycles.